The molecule has 0 amide bonds. The standard InChI is InChI=1S/C25H30ClN3O4S/c1-28(2)17-18-29(34(30,31)23-14-12-21(32-3)13-15-23)25-7-5-4-6-24(25)27-16-19-33-22-10-8-20(26)9-11-22/h4-15,27H,16-19H2,1-3H3. The highest BCUT2D eigenvalue weighted by molar-refractivity contribution is 7.92. The van der Waals surface area contributed by atoms with Gasteiger partial charge in [0.1, 0.15) is 18.1 Å². The summed E-state index contributed by atoms with van der Waals surface area (Å²) >= 11 is 5.91. The third kappa shape index (κ3) is 6.79. The van der Waals surface area contributed by atoms with Gasteiger partial charge >= 0.3 is 0 Å². The van der Waals surface area contributed by atoms with Crippen molar-refractivity contribution in [2.75, 3.05) is 57.1 Å². The fourth-order valence-electron chi connectivity index (χ4n) is 3.26. The summed E-state index contributed by atoms with van der Waals surface area (Å²) in [5.74, 6) is 1.32. The van der Waals surface area contributed by atoms with Crippen LogP contribution in [0.2, 0.25) is 5.02 Å². The van der Waals surface area contributed by atoms with Crippen molar-refractivity contribution in [3.05, 3.63) is 77.8 Å². The van der Waals surface area contributed by atoms with E-state index >= 15 is 0 Å². The largest absolute Gasteiger partial charge is 0.497 e. The van der Waals surface area contributed by atoms with E-state index in [2.05, 4.69) is 5.32 Å². The summed E-state index contributed by atoms with van der Waals surface area (Å²) < 4.78 is 39.7. The first kappa shape index (κ1) is 25.7. The number of likely N-dealkylation sites (N-methyl/N-ethyl adjacent to an activating group) is 1. The second kappa shape index (κ2) is 12.0. The van der Waals surface area contributed by atoms with Gasteiger partial charge in [0, 0.05) is 24.7 Å². The Morgan fingerprint density at radius 2 is 1.53 bits per heavy atom. The minimum atomic E-state index is -3.81. The molecule has 0 atom stereocenters. The Morgan fingerprint density at radius 1 is 0.882 bits per heavy atom. The van der Waals surface area contributed by atoms with Crippen LogP contribution in [0.15, 0.2) is 77.7 Å². The Bertz CT molecular complexity index is 1150. The van der Waals surface area contributed by atoms with Crippen molar-refractivity contribution in [3.8, 4) is 11.5 Å². The van der Waals surface area contributed by atoms with Gasteiger partial charge in [-0.25, -0.2) is 8.42 Å². The number of halogens is 1. The number of benzene rings is 3. The van der Waals surface area contributed by atoms with Gasteiger partial charge in [-0.3, -0.25) is 4.31 Å². The molecular formula is C25H30ClN3O4S. The average molecular weight is 504 g/mol. The summed E-state index contributed by atoms with van der Waals surface area (Å²) in [5.41, 5.74) is 1.28. The average Bonchev–Trinajstić information content (AvgIpc) is 2.83. The smallest absolute Gasteiger partial charge is 0.264 e. The number of hydrogen-bond acceptors (Lipinski definition) is 6. The topological polar surface area (TPSA) is 71.1 Å². The van der Waals surface area contributed by atoms with E-state index in [1.54, 1.807) is 61.7 Å². The molecule has 0 radical (unpaired) electrons. The number of anilines is 2. The minimum Gasteiger partial charge on any atom is -0.497 e. The van der Waals surface area contributed by atoms with Crippen LogP contribution in [0.25, 0.3) is 0 Å². The number of hydrogen-bond donors (Lipinski definition) is 1. The zero-order chi connectivity index (χ0) is 24.6. The van der Waals surface area contributed by atoms with Crippen LogP contribution in [-0.2, 0) is 10.0 Å². The van der Waals surface area contributed by atoms with E-state index in [0.717, 1.165) is 0 Å². The Balaban J connectivity index is 1.81. The first-order chi connectivity index (χ1) is 16.3. The zero-order valence-corrected chi connectivity index (χ0v) is 21.1. The summed E-state index contributed by atoms with van der Waals surface area (Å²) in [6.07, 6.45) is 0. The van der Waals surface area contributed by atoms with Crippen molar-refractivity contribution >= 4 is 33.0 Å². The third-order valence-corrected chi connectivity index (χ3v) is 7.15. The van der Waals surface area contributed by atoms with Gasteiger partial charge < -0.3 is 19.7 Å². The summed E-state index contributed by atoms with van der Waals surface area (Å²) in [6.45, 7) is 1.74. The Hall–Kier alpha value is -2.94. The molecule has 0 spiro atoms. The predicted octanol–water partition coefficient (Wildman–Crippen LogP) is 4.60. The van der Waals surface area contributed by atoms with Gasteiger partial charge in [-0.05, 0) is 74.8 Å². The molecule has 0 unspecified atom stereocenters. The highest BCUT2D eigenvalue weighted by Crippen LogP contribution is 2.31. The predicted molar refractivity (Wildman–Crippen MR) is 138 cm³/mol. The quantitative estimate of drug-likeness (QED) is 0.364. The van der Waals surface area contributed by atoms with Crippen LogP contribution >= 0.6 is 11.6 Å². The van der Waals surface area contributed by atoms with E-state index < -0.39 is 10.0 Å². The van der Waals surface area contributed by atoms with Crippen molar-refractivity contribution in [2.24, 2.45) is 0 Å². The molecule has 0 aliphatic heterocycles. The number of methoxy groups -OCH3 is 1. The molecule has 0 heterocycles. The molecule has 0 fully saturated rings. The lowest BCUT2D eigenvalue weighted by Gasteiger charge is -2.28. The van der Waals surface area contributed by atoms with Crippen LogP contribution < -0.4 is 19.1 Å². The van der Waals surface area contributed by atoms with Gasteiger partial charge in [0.05, 0.1) is 23.4 Å². The molecule has 34 heavy (non-hydrogen) atoms. The highest BCUT2D eigenvalue weighted by Gasteiger charge is 2.26. The number of nitrogens with zero attached hydrogens (tertiary/aromatic N) is 2. The zero-order valence-electron chi connectivity index (χ0n) is 19.6. The molecule has 0 aliphatic carbocycles. The van der Waals surface area contributed by atoms with Crippen LogP contribution in [-0.4, -0.2) is 60.8 Å². The molecule has 0 saturated carbocycles. The van der Waals surface area contributed by atoms with Crippen LogP contribution in [0.5, 0.6) is 11.5 Å². The van der Waals surface area contributed by atoms with Crippen LogP contribution in [0.1, 0.15) is 0 Å². The molecule has 3 aromatic rings. The number of sulfonamides is 1. The molecule has 7 nitrogen and oxygen atoms in total. The monoisotopic (exact) mass is 503 g/mol. The van der Waals surface area contributed by atoms with E-state index in [4.69, 9.17) is 21.1 Å². The maximum atomic E-state index is 13.6. The lowest BCUT2D eigenvalue weighted by molar-refractivity contribution is 0.333. The lowest BCUT2D eigenvalue weighted by atomic mass is 10.2. The summed E-state index contributed by atoms with van der Waals surface area (Å²) in [6, 6.07) is 20.9. The summed E-state index contributed by atoms with van der Waals surface area (Å²) in [4.78, 5) is 2.15. The number of rotatable bonds is 12. The molecule has 3 rings (SSSR count). The molecule has 182 valence electrons. The Kier molecular flexibility index (Phi) is 9.04. The van der Waals surface area contributed by atoms with Crippen molar-refractivity contribution in [1.29, 1.82) is 0 Å². The van der Waals surface area contributed by atoms with Crippen LogP contribution in [0.4, 0.5) is 11.4 Å². The molecule has 0 aromatic heterocycles. The third-order valence-electron chi connectivity index (χ3n) is 5.07. The highest BCUT2D eigenvalue weighted by atomic mass is 35.5. The molecule has 3 aromatic carbocycles. The number of ether oxygens (including phenoxy) is 2. The minimum absolute atomic E-state index is 0.202. The van der Waals surface area contributed by atoms with Crippen molar-refractivity contribution in [3.63, 3.8) is 0 Å². The van der Waals surface area contributed by atoms with Crippen molar-refractivity contribution < 1.29 is 17.9 Å². The molecule has 9 heteroatoms. The molecule has 0 aliphatic rings. The van der Waals surface area contributed by atoms with Gasteiger partial charge in [0.15, 0.2) is 0 Å². The number of para-hydroxylation sites is 2. The maximum Gasteiger partial charge on any atom is 0.264 e. The molecular weight excluding hydrogens is 474 g/mol. The van der Waals surface area contributed by atoms with Crippen molar-refractivity contribution in [2.45, 2.75) is 4.90 Å². The summed E-state index contributed by atoms with van der Waals surface area (Å²) in [7, 11) is 1.57. The molecule has 0 bridgehead atoms. The SMILES string of the molecule is COc1ccc(S(=O)(=O)N(CCN(C)C)c2ccccc2NCCOc2ccc(Cl)cc2)cc1. The summed E-state index contributed by atoms with van der Waals surface area (Å²) in [5, 5.41) is 3.96. The van der Waals surface area contributed by atoms with E-state index in [1.807, 2.05) is 37.2 Å². The van der Waals surface area contributed by atoms with E-state index in [-0.39, 0.29) is 4.90 Å². The Labute approximate surface area is 206 Å². The first-order valence-electron chi connectivity index (χ1n) is 10.8. The normalized spacial score (nSPS) is 11.3. The van der Waals surface area contributed by atoms with Crippen LogP contribution in [0.3, 0.4) is 0 Å². The van der Waals surface area contributed by atoms with Gasteiger partial charge in [-0.1, -0.05) is 23.7 Å². The van der Waals surface area contributed by atoms with Gasteiger partial charge in [-0.2, -0.15) is 0 Å². The second-order valence-corrected chi connectivity index (χ2v) is 10.1. The van der Waals surface area contributed by atoms with Gasteiger partial charge in [0.25, 0.3) is 10.0 Å². The fourth-order valence-corrected chi connectivity index (χ4v) is 4.86. The fraction of sp³-hybridized carbons (Fsp3) is 0.280. The maximum absolute atomic E-state index is 13.6. The lowest BCUT2D eigenvalue weighted by Crippen LogP contribution is -2.37. The van der Waals surface area contributed by atoms with Crippen LogP contribution in [0, 0.1) is 0 Å². The van der Waals surface area contributed by atoms with E-state index in [1.165, 1.54) is 4.31 Å². The van der Waals surface area contributed by atoms with E-state index in [0.29, 0.717) is 54.1 Å². The Morgan fingerprint density at radius 3 is 2.18 bits per heavy atom. The molecule has 0 saturated heterocycles. The first-order valence-corrected chi connectivity index (χ1v) is 12.7. The van der Waals surface area contributed by atoms with Gasteiger partial charge in [-0.15, -0.1) is 0 Å². The van der Waals surface area contributed by atoms with Gasteiger partial charge in [0.2, 0.25) is 0 Å². The molecule has 1 N–H and O–H groups in total. The van der Waals surface area contributed by atoms with E-state index in [9.17, 15) is 8.42 Å². The second-order valence-electron chi connectivity index (χ2n) is 7.80. The van der Waals surface area contributed by atoms with Crippen molar-refractivity contribution in [1.82, 2.24) is 4.90 Å². The number of nitrogens with one attached hydrogen (secondary N) is 1.